The zero-order valence-corrected chi connectivity index (χ0v) is 16.5. The number of thiophene rings is 1. The van der Waals surface area contributed by atoms with Gasteiger partial charge in [-0.1, -0.05) is 24.1 Å². The van der Waals surface area contributed by atoms with Crippen LogP contribution in [0.25, 0.3) is 21.6 Å². The van der Waals surface area contributed by atoms with Gasteiger partial charge >= 0.3 is 0 Å². The molecule has 0 saturated carbocycles. The smallest absolute Gasteiger partial charge is 0.172 e. The van der Waals surface area contributed by atoms with Crippen molar-refractivity contribution in [3.8, 4) is 17.1 Å². The van der Waals surface area contributed by atoms with Gasteiger partial charge in [0.1, 0.15) is 5.75 Å². The maximum atomic E-state index is 10.6. The van der Waals surface area contributed by atoms with Crippen LogP contribution in [0.2, 0.25) is 6.82 Å². The van der Waals surface area contributed by atoms with Gasteiger partial charge in [-0.05, 0) is 24.5 Å². The van der Waals surface area contributed by atoms with Crippen LogP contribution < -0.4 is 4.90 Å². The number of rotatable bonds is 6. The van der Waals surface area contributed by atoms with Crippen molar-refractivity contribution >= 4 is 34.1 Å². The molecule has 1 aliphatic heterocycles. The van der Waals surface area contributed by atoms with Crippen LogP contribution in [-0.2, 0) is 11.1 Å². The van der Waals surface area contributed by atoms with Crippen LogP contribution >= 0.6 is 11.3 Å². The lowest BCUT2D eigenvalue weighted by molar-refractivity contribution is 0.122. The van der Waals surface area contributed by atoms with Gasteiger partial charge < -0.3 is 14.7 Å². The van der Waals surface area contributed by atoms with Gasteiger partial charge in [-0.25, -0.2) is 9.97 Å². The second-order valence-electron chi connectivity index (χ2n) is 7.07. The van der Waals surface area contributed by atoms with E-state index < -0.39 is 0 Å². The zero-order valence-electron chi connectivity index (χ0n) is 15.7. The number of morpholine rings is 1. The van der Waals surface area contributed by atoms with Crippen molar-refractivity contribution in [1.82, 2.24) is 9.97 Å². The Morgan fingerprint density at radius 3 is 2.86 bits per heavy atom. The number of anilines is 1. The van der Waals surface area contributed by atoms with Crippen molar-refractivity contribution in [1.29, 1.82) is 0 Å². The van der Waals surface area contributed by atoms with Gasteiger partial charge in [-0.3, -0.25) is 0 Å². The summed E-state index contributed by atoms with van der Waals surface area (Å²) in [6.45, 7) is 5.13. The van der Waals surface area contributed by atoms with Crippen LogP contribution in [0.3, 0.4) is 0 Å². The van der Waals surface area contributed by atoms with E-state index in [4.69, 9.17) is 14.7 Å². The summed E-state index contributed by atoms with van der Waals surface area (Å²) in [4.78, 5) is 23.6. The minimum Gasteiger partial charge on any atom is -0.508 e. The molecule has 2 aromatic heterocycles. The number of hydrogen-bond acceptors (Lipinski definition) is 8. The molecule has 3 aromatic rings. The number of aromatic nitrogens is 2. The van der Waals surface area contributed by atoms with Crippen molar-refractivity contribution in [2.24, 2.45) is 5.18 Å². The monoisotopic (exact) mass is 396 g/mol. The van der Waals surface area contributed by atoms with E-state index in [2.05, 4.69) is 16.1 Å². The number of ether oxygens (including phenoxy) is 1. The van der Waals surface area contributed by atoms with Gasteiger partial charge in [0.2, 0.25) is 0 Å². The number of phenolic OH excluding ortho intramolecular Hbond substituents is 1. The number of phenols is 1. The maximum Gasteiger partial charge on any atom is 0.172 e. The molecule has 0 atom stereocenters. The highest BCUT2D eigenvalue weighted by Gasteiger charge is 2.21. The fourth-order valence-corrected chi connectivity index (χ4v) is 4.64. The molecule has 144 valence electrons. The van der Waals surface area contributed by atoms with Crippen LogP contribution in [0.5, 0.6) is 5.75 Å². The summed E-state index contributed by atoms with van der Waals surface area (Å²) in [7, 11) is 0. The van der Waals surface area contributed by atoms with Crippen molar-refractivity contribution in [2.75, 3.05) is 37.6 Å². The van der Waals surface area contributed by atoms with Gasteiger partial charge in [-0.2, -0.15) is 4.91 Å². The molecule has 9 heteroatoms. The molecular weight excluding hydrogens is 375 g/mol. The molecule has 1 fully saturated rings. The standard InChI is InChI=1S/C19H21BN4O3S/c1-20(12-21-26)11-15-10-16-17(28-15)19(24-5-7-27-8-6-24)23-18(22-16)13-3-2-4-14(25)9-13/h2-4,9-10,25H,5-8,11-12H2,1H3. The Bertz CT molecular complexity index is 990. The number of nitroso groups, excluding NO2 is 1. The maximum absolute atomic E-state index is 10.6. The van der Waals surface area contributed by atoms with Gasteiger partial charge in [0.05, 0.1) is 29.9 Å². The van der Waals surface area contributed by atoms with Crippen molar-refractivity contribution < 1.29 is 9.84 Å². The van der Waals surface area contributed by atoms with Crippen LogP contribution in [0, 0.1) is 4.91 Å². The van der Waals surface area contributed by atoms with E-state index in [0.29, 0.717) is 25.5 Å². The Morgan fingerprint density at radius 1 is 1.29 bits per heavy atom. The normalized spacial score (nSPS) is 14.4. The molecule has 1 N–H and O–H groups in total. The molecule has 0 spiro atoms. The van der Waals surface area contributed by atoms with Crippen LogP contribution in [0.4, 0.5) is 5.82 Å². The highest BCUT2D eigenvalue weighted by molar-refractivity contribution is 7.19. The van der Waals surface area contributed by atoms with Gasteiger partial charge in [0.25, 0.3) is 0 Å². The van der Waals surface area contributed by atoms with Crippen molar-refractivity contribution in [3.05, 3.63) is 40.1 Å². The summed E-state index contributed by atoms with van der Waals surface area (Å²) in [6.07, 6.45) is 1.10. The molecule has 0 amide bonds. The summed E-state index contributed by atoms with van der Waals surface area (Å²) < 4.78 is 6.54. The minimum atomic E-state index is 0.190. The first-order valence-corrected chi connectivity index (χ1v) is 10.2. The molecule has 7 nitrogen and oxygen atoms in total. The first-order chi connectivity index (χ1) is 13.6. The summed E-state index contributed by atoms with van der Waals surface area (Å²) in [6, 6.07) is 9.08. The van der Waals surface area contributed by atoms with E-state index in [0.717, 1.165) is 41.0 Å². The topological polar surface area (TPSA) is 87.9 Å². The Balaban J connectivity index is 1.79. The third kappa shape index (κ3) is 4.00. The molecule has 1 aromatic carbocycles. The van der Waals surface area contributed by atoms with Crippen LogP contribution in [0.15, 0.2) is 35.5 Å². The largest absolute Gasteiger partial charge is 0.508 e. The third-order valence-electron chi connectivity index (χ3n) is 4.76. The Morgan fingerprint density at radius 2 is 2.11 bits per heavy atom. The fourth-order valence-electron chi connectivity index (χ4n) is 3.36. The van der Waals surface area contributed by atoms with E-state index in [1.165, 1.54) is 4.88 Å². The molecule has 1 saturated heterocycles. The first kappa shape index (κ1) is 18.8. The van der Waals surface area contributed by atoms with E-state index in [-0.39, 0.29) is 12.5 Å². The van der Waals surface area contributed by atoms with Gasteiger partial charge in [-0.15, -0.1) is 11.3 Å². The molecular formula is C19H21BN4O3S. The van der Waals surface area contributed by atoms with Crippen LogP contribution in [-0.4, -0.2) is 54.5 Å². The molecule has 0 unspecified atom stereocenters. The molecule has 3 heterocycles. The quantitative estimate of drug-likeness (QED) is 0.508. The number of aromatic hydroxyl groups is 1. The molecule has 28 heavy (non-hydrogen) atoms. The van der Waals surface area contributed by atoms with Gasteiger partial charge in [0, 0.05) is 23.5 Å². The molecule has 1 aliphatic rings. The highest BCUT2D eigenvalue weighted by atomic mass is 32.1. The first-order valence-electron chi connectivity index (χ1n) is 9.35. The van der Waals surface area contributed by atoms with Crippen LogP contribution in [0.1, 0.15) is 4.88 Å². The molecule has 4 rings (SSSR count). The fraction of sp³-hybridized carbons (Fsp3) is 0.368. The molecule has 0 bridgehead atoms. The lowest BCUT2D eigenvalue weighted by Gasteiger charge is -2.28. The summed E-state index contributed by atoms with van der Waals surface area (Å²) in [5.41, 5.74) is 1.67. The summed E-state index contributed by atoms with van der Waals surface area (Å²) >= 11 is 1.68. The SMILES string of the molecule is CB(CN=O)Cc1cc2nc(-c3cccc(O)c3)nc(N3CCOCC3)c2s1. The van der Waals surface area contributed by atoms with E-state index in [1.54, 1.807) is 29.5 Å². The number of fused-ring (bicyclic) bond motifs is 1. The third-order valence-corrected chi connectivity index (χ3v) is 5.90. The van der Waals surface area contributed by atoms with Crippen molar-refractivity contribution in [2.45, 2.75) is 13.1 Å². The van der Waals surface area contributed by atoms with E-state index in [1.807, 2.05) is 12.9 Å². The van der Waals surface area contributed by atoms with E-state index in [9.17, 15) is 10.0 Å². The highest BCUT2D eigenvalue weighted by Crippen LogP contribution is 2.35. The summed E-state index contributed by atoms with van der Waals surface area (Å²) in [5, 5.41) is 12.9. The zero-order chi connectivity index (χ0) is 19.5. The van der Waals surface area contributed by atoms with E-state index >= 15 is 0 Å². The van der Waals surface area contributed by atoms with Crippen molar-refractivity contribution in [3.63, 3.8) is 0 Å². The Kier molecular flexibility index (Phi) is 5.54. The van der Waals surface area contributed by atoms with Gasteiger partial charge in [0.15, 0.2) is 18.4 Å². The Labute approximate surface area is 167 Å². The average molecular weight is 396 g/mol. The second kappa shape index (κ2) is 8.24. The Hall–Kier alpha value is -2.52. The molecule has 0 radical (unpaired) electrons. The number of nitrogens with zero attached hydrogens (tertiary/aromatic N) is 4. The average Bonchev–Trinajstić information content (AvgIpc) is 3.10. The lowest BCUT2D eigenvalue weighted by Crippen LogP contribution is -2.36. The predicted molar refractivity (Wildman–Crippen MR) is 114 cm³/mol. The predicted octanol–water partition coefficient (Wildman–Crippen LogP) is 3.41. The number of benzene rings is 1. The lowest BCUT2D eigenvalue weighted by atomic mass is 9.49. The number of hydrogen-bond donors (Lipinski definition) is 1. The molecule has 0 aliphatic carbocycles. The second-order valence-corrected chi connectivity index (χ2v) is 8.21. The summed E-state index contributed by atoms with van der Waals surface area (Å²) in [5.74, 6) is 1.69. The minimum absolute atomic E-state index is 0.190.